The number of morpholine rings is 1. The maximum Gasteiger partial charge on any atom is 0.161 e. The van der Waals surface area contributed by atoms with Crippen molar-refractivity contribution in [3.63, 3.8) is 0 Å². The van der Waals surface area contributed by atoms with Gasteiger partial charge in [-0.3, -0.25) is 4.79 Å². The highest BCUT2D eigenvalue weighted by molar-refractivity contribution is 5.81. The Kier molecular flexibility index (Phi) is 5.52. The van der Waals surface area contributed by atoms with Crippen molar-refractivity contribution in [3.8, 4) is 11.4 Å². The molecule has 0 bridgehead atoms. The first-order valence-corrected chi connectivity index (χ1v) is 11.2. The van der Waals surface area contributed by atoms with E-state index in [2.05, 4.69) is 41.4 Å². The van der Waals surface area contributed by atoms with Gasteiger partial charge in [0, 0.05) is 50.0 Å². The van der Waals surface area contributed by atoms with E-state index in [1.54, 1.807) is 0 Å². The molecule has 0 spiro atoms. The number of ether oxygens (including phenoxy) is 1. The SMILES string of the molecule is C[C@H]1COCCN1c1nc(-c2ccc(CC(=O)CC3CC3)cc2)nc2c1CNCC2. The highest BCUT2D eigenvalue weighted by Gasteiger charge is 2.27. The van der Waals surface area contributed by atoms with Crippen LogP contribution in [0, 0.1) is 5.92 Å². The highest BCUT2D eigenvalue weighted by Crippen LogP contribution is 2.33. The summed E-state index contributed by atoms with van der Waals surface area (Å²) in [6, 6.07) is 8.54. The molecule has 1 aliphatic carbocycles. The van der Waals surface area contributed by atoms with E-state index in [9.17, 15) is 4.79 Å². The van der Waals surface area contributed by atoms with Crippen LogP contribution in [-0.2, 0) is 28.9 Å². The second kappa shape index (κ2) is 8.44. The first-order chi connectivity index (χ1) is 14.7. The van der Waals surface area contributed by atoms with Crippen LogP contribution in [0.5, 0.6) is 0 Å². The summed E-state index contributed by atoms with van der Waals surface area (Å²) < 4.78 is 5.64. The standard InChI is InChI=1S/C24H30N4O2/c1-16-15-30-11-10-28(16)24-21-14-25-9-8-22(21)26-23(27-24)19-6-4-18(5-7-19)13-20(29)12-17-2-3-17/h4-7,16-17,25H,2-3,8-15H2,1H3/t16-/m0/s1. The van der Waals surface area contributed by atoms with E-state index in [0.29, 0.717) is 24.2 Å². The van der Waals surface area contributed by atoms with Crippen molar-refractivity contribution in [3.05, 3.63) is 41.1 Å². The molecule has 6 heteroatoms. The molecule has 1 atom stereocenters. The van der Waals surface area contributed by atoms with Crippen LogP contribution < -0.4 is 10.2 Å². The second-order valence-corrected chi connectivity index (χ2v) is 8.90. The number of carbonyl (C=O) groups excluding carboxylic acids is 1. The van der Waals surface area contributed by atoms with Crippen molar-refractivity contribution in [1.29, 1.82) is 0 Å². The van der Waals surface area contributed by atoms with Gasteiger partial charge in [0.05, 0.1) is 24.9 Å². The molecule has 30 heavy (non-hydrogen) atoms. The van der Waals surface area contributed by atoms with Crippen LogP contribution in [0.15, 0.2) is 24.3 Å². The number of hydrogen-bond acceptors (Lipinski definition) is 6. The van der Waals surface area contributed by atoms with Gasteiger partial charge in [-0.25, -0.2) is 9.97 Å². The average molecular weight is 407 g/mol. The molecular formula is C24H30N4O2. The van der Waals surface area contributed by atoms with Gasteiger partial charge in [-0.15, -0.1) is 0 Å². The van der Waals surface area contributed by atoms with Crippen LogP contribution in [0.3, 0.4) is 0 Å². The number of benzene rings is 1. The quantitative estimate of drug-likeness (QED) is 0.796. The molecule has 1 aromatic heterocycles. The Labute approximate surface area is 178 Å². The third-order valence-corrected chi connectivity index (χ3v) is 6.38. The van der Waals surface area contributed by atoms with Crippen LogP contribution in [0.1, 0.15) is 43.0 Å². The molecule has 1 aromatic carbocycles. The fourth-order valence-corrected chi connectivity index (χ4v) is 4.45. The Morgan fingerprint density at radius 1 is 1.23 bits per heavy atom. The summed E-state index contributed by atoms with van der Waals surface area (Å²) in [6.07, 6.45) is 4.64. The first kappa shape index (κ1) is 19.6. The van der Waals surface area contributed by atoms with E-state index >= 15 is 0 Å². The molecule has 3 aliphatic rings. The molecule has 1 saturated heterocycles. The minimum Gasteiger partial charge on any atom is -0.377 e. The summed E-state index contributed by atoms with van der Waals surface area (Å²) in [7, 11) is 0. The van der Waals surface area contributed by atoms with Gasteiger partial charge in [-0.05, 0) is 31.2 Å². The lowest BCUT2D eigenvalue weighted by Crippen LogP contribution is -2.45. The lowest BCUT2D eigenvalue weighted by Gasteiger charge is -2.36. The number of carbonyl (C=O) groups is 1. The molecule has 0 amide bonds. The van der Waals surface area contributed by atoms with Gasteiger partial charge in [-0.1, -0.05) is 24.3 Å². The van der Waals surface area contributed by atoms with Crippen LogP contribution in [0.4, 0.5) is 5.82 Å². The zero-order valence-electron chi connectivity index (χ0n) is 17.7. The van der Waals surface area contributed by atoms with Crippen LogP contribution in [-0.4, -0.2) is 48.1 Å². The maximum absolute atomic E-state index is 12.2. The molecule has 2 aromatic rings. The van der Waals surface area contributed by atoms with E-state index in [1.807, 2.05) is 0 Å². The van der Waals surface area contributed by atoms with Crippen molar-refractivity contribution in [2.75, 3.05) is 31.2 Å². The predicted molar refractivity (Wildman–Crippen MR) is 117 cm³/mol. The minimum atomic E-state index is 0.299. The van der Waals surface area contributed by atoms with E-state index in [1.165, 1.54) is 18.4 Å². The van der Waals surface area contributed by atoms with Gasteiger partial charge in [0.15, 0.2) is 5.82 Å². The van der Waals surface area contributed by atoms with E-state index < -0.39 is 0 Å². The third kappa shape index (κ3) is 4.25. The third-order valence-electron chi connectivity index (χ3n) is 6.38. The average Bonchev–Trinajstić information content (AvgIpc) is 3.58. The number of hydrogen-bond donors (Lipinski definition) is 1. The molecule has 5 rings (SSSR count). The number of rotatable bonds is 6. The number of Topliss-reactive ketones (excluding diaryl/α,β-unsaturated/α-hetero) is 1. The van der Waals surface area contributed by atoms with Crippen molar-refractivity contribution in [1.82, 2.24) is 15.3 Å². The monoisotopic (exact) mass is 406 g/mol. The first-order valence-electron chi connectivity index (χ1n) is 11.2. The number of anilines is 1. The molecule has 0 unspecified atom stereocenters. The summed E-state index contributed by atoms with van der Waals surface area (Å²) in [5.41, 5.74) is 4.46. The minimum absolute atomic E-state index is 0.299. The van der Waals surface area contributed by atoms with Gasteiger partial charge >= 0.3 is 0 Å². The van der Waals surface area contributed by atoms with Crippen molar-refractivity contribution in [2.45, 2.75) is 51.6 Å². The summed E-state index contributed by atoms with van der Waals surface area (Å²) in [4.78, 5) is 24.5. The van der Waals surface area contributed by atoms with E-state index in [-0.39, 0.29) is 0 Å². The Bertz CT molecular complexity index is 924. The molecule has 3 heterocycles. The fraction of sp³-hybridized carbons (Fsp3) is 0.542. The van der Waals surface area contributed by atoms with E-state index in [4.69, 9.17) is 14.7 Å². The molecule has 2 fully saturated rings. The Hall–Kier alpha value is -2.31. The number of nitrogens with zero attached hydrogens (tertiary/aromatic N) is 3. The lowest BCUT2D eigenvalue weighted by atomic mass is 10.0. The molecule has 1 N–H and O–H groups in total. The fourth-order valence-electron chi connectivity index (χ4n) is 4.45. The lowest BCUT2D eigenvalue weighted by molar-refractivity contribution is -0.118. The Balaban J connectivity index is 1.42. The maximum atomic E-state index is 12.2. The molecule has 2 aliphatic heterocycles. The summed E-state index contributed by atoms with van der Waals surface area (Å²) in [6.45, 7) is 6.27. The van der Waals surface area contributed by atoms with Crippen molar-refractivity contribution < 1.29 is 9.53 Å². The molecular weight excluding hydrogens is 376 g/mol. The van der Waals surface area contributed by atoms with Gasteiger partial charge in [-0.2, -0.15) is 0 Å². The number of aromatic nitrogens is 2. The second-order valence-electron chi connectivity index (χ2n) is 8.90. The highest BCUT2D eigenvalue weighted by atomic mass is 16.5. The molecule has 0 radical (unpaired) electrons. The number of nitrogens with one attached hydrogen (secondary N) is 1. The summed E-state index contributed by atoms with van der Waals surface area (Å²) >= 11 is 0. The zero-order chi connectivity index (χ0) is 20.5. The Morgan fingerprint density at radius 3 is 2.83 bits per heavy atom. The van der Waals surface area contributed by atoms with Gasteiger partial charge in [0.2, 0.25) is 0 Å². The normalized spacial score (nSPS) is 21.4. The Morgan fingerprint density at radius 2 is 2.07 bits per heavy atom. The zero-order valence-corrected chi connectivity index (χ0v) is 17.7. The van der Waals surface area contributed by atoms with Crippen LogP contribution >= 0.6 is 0 Å². The topological polar surface area (TPSA) is 67.3 Å². The molecule has 6 nitrogen and oxygen atoms in total. The van der Waals surface area contributed by atoms with Crippen molar-refractivity contribution in [2.24, 2.45) is 5.92 Å². The van der Waals surface area contributed by atoms with Gasteiger partial charge in [0.25, 0.3) is 0 Å². The van der Waals surface area contributed by atoms with Crippen molar-refractivity contribution >= 4 is 11.6 Å². The smallest absolute Gasteiger partial charge is 0.161 e. The van der Waals surface area contributed by atoms with Crippen LogP contribution in [0.25, 0.3) is 11.4 Å². The van der Waals surface area contributed by atoms with Gasteiger partial charge in [0.1, 0.15) is 11.6 Å². The molecule has 1 saturated carbocycles. The van der Waals surface area contributed by atoms with Gasteiger partial charge < -0.3 is 15.0 Å². The largest absolute Gasteiger partial charge is 0.377 e. The number of fused-ring (bicyclic) bond motifs is 1. The molecule has 158 valence electrons. The van der Waals surface area contributed by atoms with E-state index in [0.717, 1.165) is 74.2 Å². The number of ketones is 1. The predicted octanol–water partition coefficient (Wildman–Crippen LogP) is 2.93. The summed E-state index contributed by atoms with van der Waals surface area (Å²) in [5, 5.41) is 3.47. The van der Waals surface area contributed by atoms with Crippen LogP contribution in [0.2, 0.25) is 0 Å². The summed E-state index contributed by atoms with van der Waals surface area (Å²) in [5.74, 6) is 2.82.